The second kappa shape index (κ2) is 5.58. The molecule has 0 bridgehead atoms. The van der Waals surface area contributed by atoms with Crippen LogP contribution in [-0.2, 0) is 21.8 Å². The van der Waals surface area contributed by atoms with Crippen molar-refractivity contribution in [2.75, 3.05) is 7.11 Å². The van der Waals surface area contributed by atoms with Crippen LogP contribution in [0.4, 0.5) is 10.1 Å². The van der Waals surface area contributed by atoms with Crippen LogP contribution in [-0.4, -0.2) is 18.0 Å². The van der Waals surface area contributed by atoms with Gasteiger partial charge in [-0.1, -0.05) is 0 Å². The van der Waals surface area contributed by atoms with Crippen LogP contribution in [0.2, 0.25) is 0 Å². The summed E-state index contributed by atoms with van der Waals surface area (Å²) in [6, 6.07) is 1.90. The van der Waals surface area contributed by atoms with Crippen LogP contribution in [0.3, 0.4) is 0 Å². The van der Waals surface area contributed by atoms with Gasteiger partial charge in [0.25, 0.3) is 5.69 Å². The van der Waals surface area contributed by atoms with E-state index in [4.69, 9.17) is 11.6 Å². The highest BCUT2D eigenvalue weighted by molar-refractivity contribution is 6.17. The van der Waals surface area contributed by atoms with E-state index in [0.29, 0.717) is 0 Å². The first-order valence-electron chi connectivity index (χ1n) is 4.58. The summed E-state index contributed by atoms with van der Waals surface area (Å²) in [5.41, 5.74) is -0.184. The molecule has 0 amide bonds. The largest absolute Gasteiger partial charge is 0.469 e. The van der Waals surface area contributed by atoms with Gasteiger partial charge in [0.1, 0.15) is 5.82 Å². The van der Waals surface area contributed by atoms with Gasteiger partial charge in [0.05, 0.1) is 30.4 Å². The van der Waals surface area contributed by atoms with Crippen molar-refractivity contribution in [1.82, 2.24) is 0 Å². The zero-order valence-corrected chi connectivity index (χ0v) is 9.66. The lowest BCUT2D eigenvalue weighted by Crippen LogP contribution is -2.08. The highest BCUT2D eigenvalue weighted by Crippen LogP contribution is 2.23. The van der Waals surface area contributed by atoms with E-state index in [1.165, 1.54) is 7.11 Å². The van der Waals surface area contributed by atoms with Crippen molar-refractivity contribution in [3.8, 4) is 0 Å². The Labute approximate surface area is 101 Å². The summed E-state index contributed by atoms with van der Waals surface area (Å²) in [5.74, 6) is -1.58. The predicted octanol–water partition coefficient (Wildman–Crippen LogP) is 2.19. The highest BCUT2D eigenvalue weighted by Gasteiger charge is 2.18. The van der Waals surface area contributed by atoms with Gasteiger partial charge in [-0.3, -0.25) is 14.9 Å². The lowest BCUT2D eigenvalue weighted by molar-refractivity contribution is -0.385. The third-order valence-corrected chi connectivity index (χ3v) is 2.45. The zero-order valence-electron chi connectivity index (χ0n) is 8.91. The Bertz CT molecular complexity index is 464. The molecular formula is C10H9ClFNO4. The molecule has 7 heteroatoms. The third kappa shape index (κ3) is 3.13. The van der Waals surface area contributed by atoms with Crippen LogP contribution in [0.15, 0.2) is 12.1 Å². The lowest BCUT2D eigenvalue weighted by atomic mass is 10.0. The summed E-state index contributed by atoms with van der Waals surface area (Å²) in [6.45, 7) is 0. The molecule has 5 nitrogen and oxygen atoms in total. The summed E-state index contributed by atoms with van der Waals surface area (Å²) >= 11 is 5.53. The Hall–Kier alpha value is -1.69. The number of non-ortho nitro benzene ring substituents is 1. The van der Waals surface area contributed by atoms with E-state index < -0.39 is 22.4 Å². The standard InChI is InChI=1S/C10H9ClFNO4/c1-17-10(14)3-6-2-7(13(15)16)4-9(12)8(6)5-11/h2,4H,3,5H2,1H3. The van der Waals surface area contributed by atoms with Gasteiger partial charge < -0.3 is 4.74 Å². The maximum absolute atomic E-state index is 13.5. The number of esters is 1. The number of nitro benzene ring substituents is 1. The number of rotatable bonds is 4. The molecule has 0 aromatic heterocycles. The van der Waals surface area contributed by atoms with Crippen LogP contribution >= 0.6 is 11.6 Å². The quantitative estimate of drug-likeness (QED) is 0.360. The van der Waals surface area contributed by atoms with E-state index in [1.54, 1.807) is 0 Å². The second-order valence-corrected chi connectivity index (χ2v) is 3.48. The van der Waals surface area contributed by atoms with E-state index >= 15 is 0 Å². The van der Waals surface area contributed by atoms with Crippen LogP contribution in [0, 0.1) is 15.9 Å². The Morgan fingerprint density at radius 2 is 2.24 bits per heavy atom. The van der Waals surface area contributed by atoms with Gasteiger partial charge in [0.15, 0.2) is 0 Å². The summed E-state index contributed by atoms with van der Waals surface area (Å²) < 4.78 is 17.9. The number of ether oxygens (including phenoxy) is 1. The number of methoxy groups -OCH3 is 1. The number of hydrogen-bond acceptors (Lipinski definition) is 4. The molecule has 0 spiro atoms. The Morgan fingerprint density at radius 3 is 2.71 bits per heavy atom. The molecule has 17 heavy (non-hydrogen) atoms. The smallest absolute Gasteiger partial charge is 0.309 e. The molecule has 0 aliphatic rings. The van der Waals surface area contributed by atoms with Gasteiger partial charge in [0.2, 0.25) is 0 Å². The zero-order chi connectivity index (χ0) is 13.0. The first kappa shape index (κ1) is 13.4. The minimum Gasteiger partial charge on any atom is -0.469 e. The molecule has 0 unspecified atom stereocenters. The molecule has 1 rings (SSSR count). The van der Waals surface area contributed by atoms with Crippen molar-refractivity contribution in [1.29, 1.82) is 0 Å². The van der Waals surface area contributed by atoms with E-state index in [9.17, 15) is 19.3 Å². The fourth-order valence-corrected chi connectivity index (χ4v) is 1.62. The van der Waals surface area contributed by atoms with Gasteiger partial charge >= 0.3 is 5.97 Å². The van der Waals surface area contributed by atoms with Crippen molar-refractivity contribution in [2.45, 2.75) is 12.3 Å². The Kier molecular flexibility index (Phi) is 4.39. The molecular weight excluding hydrogens is 253 g/mol. The second-order valence-electron chi connectivity index (χ2n) is 3.21. The average Bonchev–Trinajstić information content (AvgIpc) is 2.28. The number of carbonyl (C=O) groups excluding carboxylic acids is 1. The molecule has 0 atom stereocenters. The molecule has 92 valence electrons. The number of halogens is 2. The molecule has 1 aromatic rings. The van der Waals surface area contributed by atoms with Gasteiger partial charge in [-0.2, -0.15) is 0 Å². The number of benzene rings is 1. The molecule has 0 fully saturated rings. The SMILES string of the molecule is COC(=O)Cc1cc([N+](=O)[O-])cc(F)c1CCl. The van der Waals surface area contributed by atoms with E-state index in [1.807, 2.05) is 0 Å². The lowest BCUT2D eigenvalue weighted by Gasteiger charge is -2.07. The van der Waals surface area contributed by atoms with Crippen molar-refractivity contribution in [3.63, 3.8) is 0 Å². The predicted molar refractivity (Wildman–Crippen MR) is 58.3 cm³/mol. The first-order chi connectivity index (χ1) is 7.99. The maximum atomic E-state index is 13.5. The molecule has 0 saturated heterocycles. The maximum Gasteiger partial charge on any atom is 0.309 e. The molecule has 0 aliphatic heterocycles. The molecule has 0 radical (unpaired) electrons. The van der Waals surface area contributed by atoms with Crippen molar-refractivity contribution in [3.05, 3.63) is 39.2 Å². The summed E-state index contributed by atoms with van der Waals surface area (Å²) in [6.07, 6.45) is -0.253. The fraction of sp³-hybridized carbons (Fsp3) is 0.300. The number of hydrogen-bond donors (Lipinski definition) is 0. The Balaban J connectivity index is 3.23. The minimum absolute atomic E-state index is 0.0719. The molecule has 0 saturated carbocycles. The number of alkyl halides is 1. The Morgan fingerprint density at radius 1 is 1.59 bits per heavy atom. The number of carbonyl (C=O) groups is 1. The van der Waals surface area contributed by atoms with E-state index in [0.717, 1.165) is 12.1 Å². The minimum atomic E-state index is -0.798. The molecule has 0 aliphatic carbocycles. The average molecular weight is 262 g/mol. The number of nitrogens with zero attached hydrogens (tertiary/aromatic N) is 1. The summed E-state index contributed by atoms with van der Waals surface area (Å²) in [7, 11) is 1.18. The molecule has 0 N–H and O–H groups in total. The number of nitro groups is 1. The van der Waals surface area contributed by atoms with Crippen LogP contribution in [0.5, 0.6) is 0 Å². The van der Waals surface area contributed by atoms with Crippen LogP contribution in [0.1, 0.15) is 11.1 Å². The van der Waals surface area contributed by atoms with Gasteiger partial charge in [-0.05, 0) is 5.56 Å². The van der Waals surface area contributed by atoms with Crippen molar-refractivity contribution in [2.24, 2.45) is 0 Å². The van der Waals surface area contributed by atoms with Crippen molar-refractivity contribution >= 4 is 23.3 Å². The fourth-order valence-electron chi connectivity index (χ4n) is 1.32. The summed E-state index contributed by atoms with van der Waals surface area (Å²) in [4.78, 5) is 20.9. The van der Waals surface area contributed by atoms with Crippen LogP contribution < -0.4 is 0 Å². The highest BCUT2D eigenvalue weighted by atomic mass is 35.5. The van der Waals surface area contributed by atoms with Crippen molar-refractivity contribution < 1.29 is 18.8 Å². The van der Waals surface area contributed by atoms with Gasteiger partial charge in [-0.15, -0.1) is 11.6 Å². The van der Waals surface area contributed by atoms with Crippen LogP contribution in [0.25, 0.3) is 0 Å². The summed E-state index contributed by atoms with van der Waals surface area (Å²) in [5, 5.41) is 10.6. The van der Waals surface area contributed by atoms with Gasteiger partial charge in [-0.25, -0.2) is 4.39 Å². The molecule has 0 heterocycles. The monoisotopic (exact) mass is 261 g/mol. The first-order valence-corrected chi connectivity index (χ1v) is 5.11. The third-order valence-electron chi connectivity index (χ3n) is 2.18. The van der Waals surface area contributed by atoms with Gasteiger partial charge in [0, 0.05) is 11.6 Å². The van der Waals surface area contributed by atoms with E-state index in [2.05, 4.69) is 4.74 Å². The normalized spacial score (nSPS) is 10.1. The molecule has 1 aromatic carbocycles. The van der Waals surface area contributed by atoms with E-state index in [-0.39, 0.29) is 23.4 Å². The topological polar surface area (TPSA) is 69.4 Å².